The average Bonchev–Trinajstić information content (AvgIpc) is 2.84. The minimum Gasteiger partial charge on any atom is -0.481 e. The van der Waals surface area contributed by atoms with Crippen molar-refractivity contribution in [1.82, 2.24) is 9.66 Å². The fraction of sp³-hybridized carbons (Fsp3) is 0.160. The van der Waals surface area contributed by atoms with Crippen LogP contribution in [0.5, 0.6) is 5.75 Å². The largest absolute Gasteiger partial charge is 0.481 e. The third-order valence-corrected chi connectivity index (χ3v) is 6.02. The van der Waals surface area contributed by atoms with Crippen LogP contribution in [0.15, 0.2) is 69.0 Å². The Bertz CT molecular complexity index is 1560. The second-order valence-electron chi connectivity index (χ2n) is 7.79. The molecule has 0 spiro atoms. The van der Waals surface area contributed by atoms with Gasteiger partial charge in [-0.3, -0.25) is 14.9 Å². The number of hydrogen-bond donors (Lipinski definition) is 0. The van der Waals surface area contributed by atoms with Gasteiger partial charge in [0.25, 0.3) is 5.56 Å². The van der Waals surface area contributed by atoms with E-state index in [0.29, 0.717) is 23.1 Å². The Kier molecular flexibility index (Phi) is 7.76. The zero-order valence-electron chi connectivity index (χ0n) is 19.0. The highest BCUT2D eigenvalue weighted by atomic mass is 79.9. The first-order valence-electron chi connectivity index (χ1n) is 10.9. The summed E-state index contributed by atoms with van der Waals surface area (Å²) >= 11 is 9.66. The molecular weight excluding hydrogens is 555 g/mol. The first kappa shape index (κ1) is 25.5. The molecule has 11 heteroatoms. The summed E-state index contributed by atoms with van der Waals surface area (Å²) in [6.45, 7) is 1.71. The highest BCUT2D eigenvalue weighted by Gasteiger charge is 2.21. The number of nitrogens with zero attached hydrogens (tertiary/aromatic N) is 4. The second-order valence-corrected chi connectivity index (χ2v) is 9.11. The number of nitro benzene ring substituents is 1. The van der Waals surface area contributed by atoms with E-state index in [1.165, 1.54) is 41.2 Å². The first-order valence-corrected chi connectivity index (χ1v) is 12.0. The number of halogens is 3. The molecule has 36 heavy (non-hydrogen) atoms. The minimum absolute atomic E-state index is 0.0521. The third kappa shape index (κ3) is 5.44. The van der Waals surface area contributed by atoms with Crippen LogP contribution in [0.1, 0.15) is 30.3 Å². The Balaban J connectivity index is 1.72. The van der Waals surface area contributed by atoms with Gasteiger partial charge in [-0.15, -0.1) is 0 Å². The highest BCUT2D eigenvalue weighted by molar-refractivity contribution is 9.10. The van der Waals surface area contributed by atoms with Crippen molar-refractivity contribution in [2.75, 3.05) is 0 Å². The van der Waals surface area contributed by atoms with E-state index in [0.717, 1.165) is 10.9 Å². The average molecular weight is 574 g/mol. The van der Waals surface area contributed by atoms with Crippen LogP contribution in [0.3, 0.4) is 0 Å². The molecule has 1 heterocycles. The fourth-order valence-electron chi connectivity index (χ4n) is 3.54. The minimum atomic E-state index is -0.649. The summed E-state index contributed by atoms with van der Waals surface area (Å²) in [7, 11) is 0. The van der Waals surface area contributed by atoms with Gasteiger partial charge in [0.1, 0.15) is 18.2 Å². The lowest BCUT2D eigenvalue weighted by atomic mass is 10.2. The smallest absolute Gasteiger partial charge is 0.313 e. The molecule has 0 saturated carbocycles. The molecule has 0 aliphatic carbocycles. The van der Waals surface area contributed by atoms with Gasteiger partial charge in [-0.1, -0.05) is 52.7 Å². The summed E-state index contributed by atoms with van der Waals surface area (Å²) in [5.41, 5.74) is 0.266. The Labute approximate surface area is 218 Å². The van der Waals surface area contributed by atoms with Gasteiger partial charge < -0.3 is 4.74 Å². The maximum atomic E-state index is 13.9. The second kappa shape index (κ2) is 11.0. The van der Waals surface area contributed by atoms with E-state index in [-0.39, 0.29) is 34.1 Å². The van der Waals surface area contributed by atoms with Crippen LogP contribution in [-0.4, -0.2) is 20.8 Å². The van der Waals surface area contributed by atoms with Crippen molar-refractivity contribution in [2.24, 2.45) is 5.10 Å². The summed E-state index contributed by atoms with van der Waals surface area (Å²) in [5, 5.41) is 16.3. The Hall–Kier alpha value is -3.63. The van der Waals surface area contributed by atoms with Crippen LogP contribution >= 0.6 is 27.5 Å². The number of fused-ring (bicyclic) bond motifs is 1. The van der Waals surface area contributed by atoms with Gasteiger partial charge in [0, 0.05) is 28.1 Å². The molecule has 0 atom stereocenters. The lowest BCUT2D eigenvalue weighted by Gasteiger charge is -2.11. The third-order valence-electron chi connectivity index (χ3n) is 5.24. The van der Waals surface area contributed by atoms with E-state index in [9.17, 15) is 19.3 Å². The van der Waals surface area contributed by atoms with E-state index in [4.69, 9.17) is 16.3 Å². The molecule has 0 bridgehead atoms. The number of rotatable bonds is 8. The molecular formula is C25H19BrClFN4O4. The van der Waals surface area contributed by atoms with Crippen molar-refractivity contribution in [3.63, 3.8) is 0 Å². The van der Waals surface area contributed by atoms with Crippen LogP contribution in [0, 0.1) is 15.9 Å². The number of benzene rings is 3. The normalized spacial score (nSPS) is 11.3. The predicted octanol–water partition coefficient (Wildman–Crippen LogP) is 6.27. The number of hydrogen-bond acceptors (Lipinski definition) is 6. The Morgan fingerprint density at radius 2 is 2.03 bits per heavy atom. The van der Waals surface area contributed by atoms with Gasteiger partial charge in [-0.05, 0) is 36.8 Å². The molecule has 0 aliphatic rings. The molecule has 0 saturated heterocycles. The van der Waals surface area contributed by atoms with Crippen molar-refractivity contribution in [2.45, 2.75) is 26.4 Å². The first-order chi connectivity index (χ1) is 17.3. The van der Waals surface area contributed by atoms with Crippen LogP contribution < -0.4 is 10.3 Å². The molecule has 0 unspecified atom stereocenters. The van der Waals surface area contributed by atoms with E-state index in [1.807, 2.05) is 6.92 Å². The van der Waals surface area contributed by atoms with Gasteiger partial charge in [0.05, 0.1) is 27.1 Å². The molecule has 0 fully saturated rings. The molecule has 184 valence electrons. The van der Waals surface area contributed by atoms with Gasteiger partial charge >= 0.3 is 5.69 Å². The molecule has 0 aliphatic heterocycles. The lowest BCUT2D eigenvalue weighted by Crippen LogP contribution is -2.22. The van der Waals surface area contributed by atoms with Gasteiger partial charge in [-0.25, -0.2) is 9.37 Å². The summed E-state index contributed by atoms with van der Waals surface area (Å²) in [6, 6.07) is 13.8. The van der Waals surface area contributed by atoms with E-state index in [1.54, 1.807) is 24.3 Å². The monoisotopic (exact) mass is 572 g/mol. The lowest BCUT2D eigenvalue weighted by molar-refractivity contribution is -0.385. The number of nitro groups is 1. The molecule has 3 aromatic carbocycles. The molecule has 0 amide bonds. The highest BCUT2D eigenvalue weighted by Crippen LogP contribution is 2.36. The number of aryl methyl sites for hydroxylation is 1. The molecule has 4 rings (SSSR count). The maximum Gasteiger partial charge on any atom is 0.313 e. The van der Waals surface area contributed by atoms with Crippen molar-refractivity contribution < 1.29 is 14.1 Å². The molecule has 0 radical (unpaired) electrons. The van der Waals surface area contributed by atoms with E-state index in [2.05, 4.69) is 26.0 Å². The molecule has 0 N–H and O–H groups in total. The van der Waals surface area contributed by atoms with Crippen molar-refractivity contribution in [3.05, 3.63) is 107 Å². The van der Waals surface area contributed by atoms with Crippen LogP contribution in [-0.2, 0) is 13.0 Å². The van der Waals surface area contributed by atoms with Gasteiger partial charge in [-0.2, -0.15) is 9.78 Å². The van der Waals surface area contributed by atoms with Crippen LogP contribution in [0.4, 0.5) is 10.1 Å². The van der Waals surface area contributed by atoms with Crippen molar-refractivity contribution >= 4 is 50.3 Å². The van der Waals surface area contributed by atoms with Crippen LogP contribution in [0.25, 0.3) is 10.9 Å². The standard InChI is InChI=1S/C25H19BrClFN4O4/c1-2-5-23-30-21-9-8-17(26)12-18(21)25(33)31(23)29-13-15-10-19(27)24(22(11-15)32(34)35)36-14-16-6-3-4-7-20(16)28/h3-4,6-13H,2,5,14H2,1H3. The van der Waals surface area contributed by atoms with Crippen molar-refractivity contribution in [1.29, 1.82) is 0 Å². The Morgan fingerprint density at radius 1 is 1.25 bits per heavy atom. The van der Waals surface area contributed by atoms with E-state index < -0.39 is 16.4 Å². The zero-order chi connectivity index (χ0) is 25.8. The molecule has 1 aromatic heterocycles. The van der Waals surface area contributed by atoms with Gasteiger partial charge in [0.15, 0.2) is 0 Å². The molecule has 4 aromatic rings. The molecule has 8 nitrogen and oxygen atoms in total. The summed E-state index contributed by atoms with van der Waals surface area (Å²) < 4.78 is 21.3. The SMILES string of the molecule is CCCc1nc2ccc(Br)cc2c(=O)n1N=Cc1cc(Cl)c(OCc2ccccc2F)c([N+](=O)[O-])c1. The zero-order valence-corrected chi connectivity index (χ0v) is 21.3. The summed E-state index contributed by atoms with van der Waals surface area (Å²) in [4.78, 5) is 28.8. The topological polar surface area (TPSA) is 99.6 Å². The quantitative estimate of drug-likeness (QED) is 0.140. The van der Waals surface area contributed by atoms with E-state index >= 15 is 0 Å². The Morgan fingerprint density at radius 3 is 2.75 bits per heavy atom. The maximum absolute atomic E-state index is 13.9. The number of ether oxygens (including phenoxy) is 1. The van der Waals surface area contributed by atoms with Crippen molar-refractivity contribution in [3.8, 4) is 5.75 Å². The number of aromatic nitrogens is 2. The summed E-state index contributed by atoms with van der Waals surface area (Å²) in [6.07, 6.45) is 2.53. The fourth-order valence-corrected chi connectivity index (χ4v) is 4.18. The summed E-state index contributed by atoms with van der Waals surface area (Å²) in [5.74, 6) is -0.230. The predicted molar refractivity (Wildman–Crippen MR) is 140 cm³/mol. The van der Waals surface area contributed by atoms with Crippen LogP contribution in [0.2, 0.25) is 5.02 Å². The van der Waals surface area contributed by atoms with Gasteiger partial charge in [0.2, 0.25) is 5.75 Å².